The molecule has 0 unspecified atom stereocenters. The molecule has 0 saturated carbocycles. The molecule has 1 aromatic rings. The van der Waals surface area contributed by atoms with Crippen LogP contribution in [0.5, 0.6) is 5.75 Å². The van der Waals surface area contributed by atoms with Crippen LogP contribution in [0, 0.1) is 10.1 Å². The fourth-order valence-corrected chi connectivity index (χ4v) is 3.06. The summed E-state index contributed by atoms with van der Waals surface area (Å²) in [4.78, 5) is 33.8. The Morgan fingerprint density at radius 2 is 1.94 bits per heavy atom. The van der Waals surface area contributed by atoms with Crippen molar-refractivity contribution in [2.75, 3.05) is 6.61 Å². The first kappa shape index (κ1) is 24.2. The number of benzene rings is 1. The summed E-state index contributed by atoms with van der Waals surface area (Å²) in [7, 11) is 0. The summed E-state index contributed by atoms with van der Waals surface area (Å²) >= 11 is 0. The van der Waals surface area contributed by atoms with Gasteiger partial charge in [-0.25, -0.2) is 4.79 Å². The van der Waals surface area contributed by atoms with E-state index in [1.807, 2.05) is 0 Å². The molecule has 0 bridgehead atoms. The normalized spacial score (nSPS) is 27.8. The maximum Gasteiger partial charge on any atom is 0.382 e. The molecule has 0 spiro atoms. The average Bonchev–Trinajstić information content (AvgIpc) is 2.72. The van der Waals surface area contributed by atoms with Crippen molar-refractivity contribution in [3.05, 3.63) is 46.5 Å². The third-order valence-electron chi connectivity index (χ3n) is 4.65. The second-order valence-corrected chi connectivity index (χ2v) is 6.79. The number of amides is 1. The van der Waals surface area contributed by atoms with Crippen molar-refractivity contribution in [1.82, 2.24) is 5.32 Å². The van der Waals surface area contributed by atoms with Crippen LogP contribution in [0.4, 0.5) is 5.69 Å². The number of aliphatic hydroxyl groups excluding tert-OH is 4. The standard InChI is InChI=1S/C18H22N2O11/c1-8-14(24)13(19-9(2)22)16(15(25)12(23)7-21)31-18(8,17(26)27)30-11-5-3-10(4-6-11)20(28)29/h3-6,12-16,21,23-25H,1,7H2,2H3,(H,19,22)(H,26,27)/t12-,13-,14+,15-,16-,18-/m1/s1. The van der Waals surface area contributed by atoms with Gasteiger partial charge in [-0.05, 0) is 12.1 Å². The first-order valence-electron chi connectivity index (χ1n) is 8.90. The number of aliphatic hydroxyl groups is 4. The molecule has 0 aromatic heterocycles. The van der Waals surface area contributed by atoms with Gasteiger partial charge in [0.1, 0.15) is 30.2 Å². The Bertz CT molecular complexity index is 859. The predicted octanol–water partition coefficient (Wildman–Crippen LogP) is -1.71. The van der Waals surface area contributed by atoms with Gasteiger partial charge in [0, 0.05) is 24.6 Å². The number of nitrogens with zero attached hydrogens (tertiary/aromatic N) is 1. The molecule has 1 aliphatic rings. The quantitative estimate of drug-likeness (QED) is 0.152. The summed E-state index contributed by atoms with van der Waals surface area (Å²) in [6, 6.07) is 2.79. The number of rotatable bonds is 8. The Labute approximate surface area is 175 Å². The highest BCUT2D eigenvalue weighted by Crippen LogP contribution is 2.38. The second-order valence-electron chi connectivity index (χ2n) is 6.79. The topological polar surface area (TPSA) is 209 Å². The van der Waals surface area contributed by atoms with Gasteiger partial charge < -0.3 is 40.3 Å². The van der Waals surface area contributed by atoms with Crippen LogP contribution in [0.25, 0.3) is 0 Å². The highest BCUT2D eigenvalue weighted by Gasteiger charge is 2.59. The molecule has 6 N–H and O–H groups in total. The summed E-state index contributed by atoms with van der Waals surface area (Å²) < 4.78 is 10.8. The van der Waals surface area contributed by atoms with Crippen LogP contribution in [-0.2, 0) is 14.3 Å². The zero-order chi connectivity index (χ0) is 23.5. The lowest BCUT2D eigenvalue weighted by Gasteiger charge is -2.47. The molecule has 0 radical (unpaired) electrons. The van der Waals surface area contributed by atoms with Crippen molar-refractivity contribution in [3.8, 4) is 5.75 Å². The number of nitro benzene ring substituents is 1. The Balaban J connectivity index is 2.50. The Kier molecular flexibility index (Phi) is 7.30. The molecule has 1 saturated heterocycles. The number of carboxylic acid groups (broad SMARTS) is 1. The van der Waals surface area contributed by atoms with Gasteiger partial charge in [0.2, 0.25) is 5.91 Å². The highest BCUT2D eigenvalue weighted by atomic mass is 16.7. The van der Waals surface area contributed by atoms with E-state index in [4.69, 9.17) is 14.6 Å². The second kappa shape index (κ2) is 9.36. The Hall–Kier alpha value is -3.10. The zero-order valence-electron chi connectivity index (χ0n) is 16.2. The molecule has 1 aromatic carbocycles. The van der Waals surface area contributed by atoms with Crippen molar-refractivity contribution in [2.24, 2.45) is 0 Å². The van der Waals surface area contributed by atoms with E-state index in [0.29, 0.717) is 0 Å². The van der Waals surface area contributed by atoms with Crippen LogP contribution in [-0.4, -0.2) is 85.2 Å². The van der Waals surface area contributed by atoms with E-state index in [0.717, 1.165) is 31.2 Å². The predicted molar refractivity (Wildman–Crippen MR) is 101 cm³/mol. The van der Waals surface area contributed by atoms with Crippen molar-refractivity contribution >= 4 is 17.6 Å². The molecule has 2 rings (SSSR count). The van der Waals surface area contributed by atoms with E-state index >= 15 is 0 Å². The fourth-order valence-electron chi connectivity index (χ4n) is 3.06. The molecule has 6 atom stereocenters. The largest absolute Gasteiger partial charge is 0.476 e. The van der Waals surface area contributed by atoms with Gasteiger partial charge >= 0.3 is 11.8 Å². The lowest BCUT2D eigenvalue weighted by molar-refractivity contribution is -0.384. The first-order valence-corrected chi connectivity index (χ1v) is 8.90. The highest BCUT2D eigenvalue weighted by molar-refractivity contribution is 5.81. The van der Waals surface area contributed by atoms with Crippen LogP contribution < -0.4 is 10.1 Å². The van der Waals surface area contributed by atoms with Gasteiger partial charge in [-0.3, -0.25) is 14.9 Å². The smallest absolute Gasteiger partial charge is 0.382 e. The lowest BCUT2D eigenvalue weighted by atomic mass is 9.85. The van der Waals surface area contributed by atoms with Crippen molar-refractivity contribution < 1.29 is 49.5 Å². The van der Waals surface area contributed by atoms with Crippen molar-refractivity contribution in [3.63, 3.8) is 0 Å². The maximum absolute atomic E-state index is 12.1. The van der Waals surface area contributed by atoms with Crippen LogP contribution in [0.3, 0.4) is 0 Å². The third kappa shape index (κ3) is 4.81. The average molecular weight is 442 g/mol. The molecule has 13 heteroatoms. The zero-order valence-corrected chi connectivity index (χ0v) is 16.2. The molecule has 31 heavy (non-hydrogen) atoms. The van der Waals surface area contributed by atoms with Gasteiger partial charge in [0.15, 0.2) is 0 Å². The van der Waals surface area contributed by atoms with E-state index in [2.05, 4.69) is 11.9 Å². The number of carboxylic acids is 1. The summed E-state index contributed by atoms with van der Waals surface area (Å²) in [5.74, 6) is -5.48. The SMILES string of the molecule is C=C1[C@H](O)[C@@H](NC(C)=O)[C@H]([C@H](O)[C@H](O)CO)O[C@@]1(Oc1ccc([N+](=O)[O-])cc1)C(=O)O. The number of carbonyl (C=O) groups excluding carboxylic acids is 1. The van der Waals surface area contributed by atoms with Crippen molar-refractivity contribution in [1.29, 1.82) is 0 Å². The Morgan fingerprint density at radius 3 is 2.39 bits per heavy atom. The summed E-state index contributed by atoms with van der Waals surface area (Å²) in [6.45, 7) is 3.65. The molecule has 1 aliphatic heterocycles. The van der Waals surface area contributed by atoms with E-state index < -0.39 is 65.2 Å². The van der Waals surface area contributed by atoms with Gasteiger partial charge in [-0.1, -0.05) is 6.58 Å². The van der Waals surface area contributed by atoms with Gasteiger partial charge in [0.25, 0.3) is 5.69 Å². The molecule has 1 heterocycles. The number of ether oxygens (including phenoxy) is 2. The molecular weight excluding hydrogens is 420 g/mol. The van der Waals surface area contributed by atoms with Crippen LogP contribution >= 0.6 is 0 Å². The minimum absolute atomic E-state index is 0.213. The van der Waals surface area contributed by atoms with Crippen LogP contribution in [0.1, 0.15) is 6.92 Å². The van der Waals surface area contributed by atoms with Gasteiger partial charge in [-0.15, -0.1) is 0 Å². The van der Waals surface area contributed by atoms with Gasteiger partial charge in [0.05, 0.1) is 17.6 Å². The van der Waals surface area contributed by atoms with Crippen molar-refractivity contribution in [2.45, 2.75) is 43.2 Å². The summed E-state index contributed by atoms with van der Waals surface area (Å²) in [6.07, 6.45) is -7.35. The lowest BCUT2D eigenvalue weighted by Crippen LogP contribution is -2.69. The molecule has 1 fully saturated rings. The first-order chi connectivity index (χ1) is 14.4. The van der Waals surface area contributed by atoms with E-state index in [1.165, 1.54) is 0 Å². The molecule has 1 amide bonds. The number of hydrogen-bond acceptors (Lipinski definition) is 10. The number of hydrogen-bond donors (Lipinski definition) is 6. The Morgan fingerprint density at radius 1 is 1.35 bits per heavy atom. The number of aliphatic carboxylic acids is 1. The van der Waals surface area contributed by atoms with Gasteiger partial charge in [-0.2, -0.15) is 0 Å². The molecule has 13 nitrogen and oxygen atoms in total. The van der Waals surface area contributed by atoms with E-state index in [1.54, 1.807) is 0 Å². The fraction of sp³-hybridized carbons (Fsp3) is 0.444. The summed E-state index contributed by atoms with van der Waals surface area (Å²) in [5, 5.41) is 62.9. The van der Waals surface area contributed by atoms with Crippen LogP contribution in [0.15, 0.2) is 36.4 Å². The summed E-state index contributed by atoms with van der Waals surface area (Å²) in [5.41, 5.74) is -0.857. The molecular formula is C18H22N2O11. The maximum atomic E-state index is 12.1. The number of nitrogens with one attached hydrogen (secondary N) is 1. The number of carbonyl (C=O) groups is 2. The van der Waals surface area contributed by atoms with E-state index in [-0.39, 0.29) is 11.4 Å². The minimum Gasteiger partial charge on any atom is -0.476 e. The van der Waals surface area contributed by atoms with E-state index in [9.17, 15) is 40.1 Å². The minimum atomic E-state index is -2.80. The number of nitro groups is 1. The monoisotopic (exact) mass is 442 g/mol. The van der Waals surface area contributed by atoms with Crippen LogP contribution in [0.2, 0.25) is 0 Å². The number of non-ortho nitro benzene ring substituents is 1. The molecule has 170 valence electrons. The third-order valence-corrected chi connectivity index (χ3v) is 4.65. The molecule has 0 aliphatic carbocycles.